The summed E-state index contributed by atoms with van der Waals surface area (Å²) in [5, 5.41) is 0. The van der Waals surface area contributed by atoms with Crippen LogP contribution in [0.5, 0.6) is 5.75 Å². The first-order valence-corrected chi connectivity index (χ1v) is 9.59. The zero-order valence-corrected chi connectivity index (χ0v) is 17.3. The van der Waals surface area contributed by atoms with Gasteiger partial charge in [-0.2, -0.15) is 0 Å². The third kappa shape index (κ3) is 4.39. The molecule has 30 heavy (non-hydrogen) atoms. The summed E-state index contributed by atoms with van der Waals surface area (Å²) >= 11 is 0. The summed E-state index contributed by atoms with van der Waals surface area (Å²) < 4.78 is 10.8. The van der Waals surface area contributed by atoms with Crippen LogP contribution in [0.15, 0.2) is 91.0 Å². The van der Waals surface area contributed by atoms with Gasteiger partial charge in [-0.25, -0.2) is 4.79 Å². The zero-order valence-electron chi connectivity index (χ0n) is 17.3. The highest BCUT2D eigenvalue weighted by Gasteiger charge is 2.35. The fourth-order valence-electron chi connectivity index (χ4n) is 3.10. The maximum Gasteiger partial charge on any atom is 0.338 e. The van der Waals surface area contributed by atoms with Crippen LogP contribution in [-0.4, -0.2) is 18.9 Å². The molecule has 0 radical (unpaired) electrons. The average Bonchev–Trinajstić information content (AvgIpc) is 2.79. The van der Waals surface area contributed by atoms with Crippen LogP contribution in [0.1, 0.15) is 29.8 Å². The van der Waals surface area contributed by atoms with E-state index in [0.29, 0.717) is 16.9 Å². The lowest BCUT2D eigenvalue weighted by Gasteiger charge is -2.27. The van der Waals surface area contributed by atoms with Gasteiger partial charge in [0.1, 0.15) is 5.75 Å². The molecule has 152 valence electrons. The first-order valence-electron chi connectivity index (χ1n) is 9.59. The molecule has 3 rings (SSSR count). The van der Waals surface area contributed by atoms with Gasteiger partial charge < -0.3 is 9.47 Å². The van der Waals surface area contributed by atoms with E-state index < -0.39 is 11.6 Å². The summed E-state index contributed by atoms with van der Waals surface area (Å²) in [6.07, 6.45) is 0. The number of ether oxygens (including phenoxy) is 2. The maximum absolute atomic E-state index is 13.2. The van der Waals surface area contributed by atoms with Crippen molar-refractivity contribution in [3.05, 3.63) is 102 Å². The number of methoxy groups -OCH3 is 1. The molecular formula is C26H24O4. The Morgan fingerprint density at radius 3 is 1.87 bits per heavy atom. The van der Waals surface area contributed by atoms with Gasteiger partial charge in [0.15, 0.2) is 11.4 Å². The van der Waals surface area contributed by atoms with Crippen molar-refractivity contribution >= 4 is 11.8 Å². The summed E-state index contributed by atoms with van der Waals surface area (Å²) in [5.74, 6) is -0.104. The Bertz CT molecular complexity index is 1050. The minimum atomic E-state index is -1.06. The van der Waals surface area contributed by atoms with Crippen molar-refractivity contribution in [2.24, 2.45) is 0 Å². The summed E-state index contributed by atoms with van der Waals surface area (Å²) in [4.78, 5) is 24.8. The molecule has 0 aliphatic heterocycles. The van der Waals surface area contributed by atoms with Gasteiger partial charge in [-0.05, 0) is 42.7 Å². The lowest BCUT2D eigenvalue weighted by atomic mass is 9.87. The van der Waals surface area contributed by atoms with Crippen LogP contribution in [0.4, 0.5) is 0 Å². The number of hydrogen-bond donors (Lipinski definition) is 0. The number of rotatable bonds is 7. The van der Waals surface area contributed by atoms with Crippen molar-refractivity contribution in [3.63, 3.8) is 0 Å². The third-order valence-corrected chi connectivity index (χ3v) is 5.06. The highest BCUT2D eigenvalue weighted by molar-refractivity contribution is 6.03. The van der Waals surface area contributed by atoms with E-state index in [2.05, 4.69) is 6.58 Å². The number of hydrogen-bond acceptors (Lipinski definition) is 4. The van der Waals surface area contributed by atoms with Gasteiger partial charge in [0, 0.05) is 18.2 Å². The Kier molecular flexibility index (Phi) is 6.28. The molecule has 0 N–H and O–H groups in total. The summed E-state index contributed by atoms with van der Waals surface area (Å²) in [6, 6.07) is 24.0. The van der Waals surface area contributed by atoms with Crippen molar-refractivity contribution in [2.45, 2.75) is 19.4 Å². The predicted octanol–water partition coefficient (Wildman–Crippen LogP) is 5.58. The number of ketones is 1. The molecule has 0 amide bonds. The van der Waals surface area contributed by atoms with E-state index in [4.69, 9.17) is 9.47 Å². The molecular weight excluding hydrogens is 376 g/mol. The van der Waals surface area contributed by atoms with Gasteiger partial charge in [0.2, 0.25) is 0 Å². The van der Waals surface area contributed by atoms with Gasteiger partial charge >= 0.3 is 5.97 Å². The minimum absolute atomic E-state index is 0.107. The van der Waals surface area contributed by atoms with E-state index in [9.17, 15) is 9.59 Å². The molecule has 4 nitrogen and oxygen atoms in total. The molecule has 3 aromatic carbocycles. The molecule has 0 fully saturated rings. The second-order valence-corrected chi connectivity index (χ2v) is 7.20. The molecule has 3 aromatic rings. The standard InChI is InChI=1S/C26H24O4/c1-18(2)25(28)30-23-16-14-20(15-17-23)19-10-12-21(13-11-19)24(27)26(3,29-4)22-8-6-5-7-9-22/h5-17H,1H2,2-4H3. The van der Waals surface area contributed by atoms with E-state index in [0.717, 1.165) is 16.7 Å². The summed E-state index contributed by atoms with van der Waals surface area (Å²) in [7, 11) is 1.54. The highest BCUT2D eigenvalue weighted by atomic mass is 16.5. The minimum Gasteiger partial charge on any atom is -0.423 e. The average molecular weight is 400 g/mol. The fourth-order valence-corrected chi connectivity index (χ4v) is 3.10. The van der Waals surface area contributed by atoms with Crippen LogP contribution in [-0.2, 0) is 15.1 Å². The van der Waals surface area contributed by atoms with E-state index >= 15 is 0 Å². The molecule has 0 spiro atoms. The predicted molar refractivity (Wildman–Crippen MR) is 117 cm³/mol. The fraction of sp³-hybridized carbons (Fsp3) is 0.154. The van der Waals surface area contributed by atoms with E-state index in [1.807, 2.05) is 54.6 Å². The monoisotopic (exact) mass is 400 g/mol. The Hall–Kier alpha value is -3.50. The van der Waals surface area contributed by atoms with Crippen LogP contribution in [0.2, 0.25) is 0 Å². The Morgan fingerprint density at radius 1 is 0.833 bits per heavy atom. The normalized spacial score (nSPS) is 12.6. The van der Waals surface area contributed by atoms with Gasteiger partial charge in [-0.3, -0.25) is 4.79 Å². The smallest absolute Gasteiger partial charge is 0.338 e. The molecule has 0 heterocycles. The molecule has 1 unspecified atom stereocenters. The largest absolute Gasteiger partial charge is 0.423 e. The summed E-state index contributed by atoms with van der Waals surface area (Å²) in [5.41, 5.74) is 2.56. The second kappa shape index (κ2) is 8.89. The van der Waals surface area contributed by atoms with E-state index in [-0.39, 0.29) is 5.78 Å². The lowest BCUT2D eigenvalue weighted by Crippen LogP contribution is -2.34. The lowest BCUT2D eigenvalue weighted by molar-refractivity contribution is -0.130. The van der Waals surface area contributed by atoms with Crippen molar-refractivity contribution in [1.82, 2.24) is 0 Å². The van der Waals surface area contributed by atoms with Gasteiger partial charge in [-0.1, -0.05) is 73.3 Å². The molecule has 0 aliphatic rings. The van der Waals surface area contributed by atoms with Crippen molar-refractivity contribution in [3.8, 4) is 16.9 Å². The van der Waals surface area contributed by atoms with Crippen LogP contribution in [0.3, 0.4) is 0 Å². The van der Waals surface area contributed by atoms with Crippen LogP contribution in [0.25, 0.3) is 11.1 Å². The number of benzene rings is 3. The topological polar surface area (TPSA) is 52.6 Å². The highest BCUT2D eigenvalue weighted by Crippen LogP contribution is 2.30. The van der Waals surface area contributed by atoms with Crippen LogP contribution in [0, 0.1) is 0 Å². The number of esters is 1. The maximum atomic E-state index is 13.2. The molecule has 0 aliphatic carbocycles. The van der Waals surface area contributed by atoms with Gasteiger partial charge in [0.25, 0.3) is 0 Å². The van der Waals surface area contributed by atoms with E-state index in [1.54, 1.807) is 45.2 Å². The second-order valence-electron chi connectivity index (χ2n) is 7.20. The summed E-state index contributed by atoms with van der Waals surface area (Å²) in [6.45, 7) is 6.95. The number of carbonyl (C=O) groups is 2. The first kappa shape index (κ1) is 21.2. The third-order valence-electron chi connectivity index (χ3n) is 5.06. The SMILES string of the molecule is C=C(C)C(=O)Oc1ccc(-c2ccc(C(=O)C(C)(OC)c3ccccc3)cc2)cc1. The molecule has 0 saturated heterocycles. The Labute approximate surface area is 176 Å². The Balaban J connectivity index is 1.80. The zero-order chi connectivity index (χ0) is 21.7. The van der Waals surface area contributed by atoms with Crippen molar-refractivity contribution in [2.75, 3.05) is 7.11 Å². The van der Waals surface area contributed by atoms with Crippen molar-refractivity contribution in [1.29, 1.82) is 0 Å². The molecule has 1 atom stereocenters. The molecule has 4 heteroatoms. The van der Waals surface area contributed by atoms with Gasteiger partial charge in [-0.15, -0.1) is 0 Å². The molecule has 0 bridgehead atoms. The number of carbonyl (C=O) groups excluding carboxylic acids is 2. The molecule has 0 aromatic heterocycles. The quantitative estimate of drug-likeness (QED) is 0.225. The van der Waals surface area contributed by atoms with Crippen LogP contribution >= 0.6 is 0 Å². The van der Waals surface area contributed by atoms with Crippen molar-refractivity contribution < 1.29 is 19.1 Å². The Morgan fingerprint density at radius 2 is 1.37 bits per heavy atom. The van der Waals surface area contributed by atoms with Crippen LogP contribution < -0.4 is 4.74 Å². The molecule has 0 saturated carbocycles. The first-order chi connectivity index (χ1) is 14.3. The van der Waals surface area contributed by atoms with E-state index in [1.165, 1.54) is 0 Å². The number of Topliss-reactive ketones (excluding diaryl/α,β-unsaturated/α-hetero) is 1. The van der Waals surface area contributed by atoms with Gasteiger partial charge in [0.05, 0.1) is 0 Å².